The lowest BCUT2D eigenvalue weighted by Crippen LogP contribution is -2.33. The van der Waals surface area contributed by atoms with Crippen LogP contribution in [0.3, 0.4) is 0 Å². The van der Waals surface area contributed by atoms with E-state index >= 15 is 0 Å². The molecule has 0 spiro atoms. The van der Waals surface area contributed by atoms with Crippen LogP contribution in [-0.4, -0.2) is 26.6 Å². The van der Waals surface area contributed by atoms with Crippen LogP contribution in [0.25, 0.3) is 0 Å². The van der Waals surface area contributed by atoms with Gasteiger partial charge in [-0.05, 0) is 31.2 Å². The largest absolute Gasteiger partial charge is 0.325 e. The van der Waals surface area contributed by atoms with Gasteiger partial charge in [-0.25, -0.2) is 17.5 Å². The molecule has 1 rings (SSSR count). The minimum atomic E-state index is -3.38. The fraction of sp³-hybridized carbons (Fsp3) is 0.300. The van der Waals surface area contributed by atoms with E-state index in [9.17, 15) is 17.6 Å². The van der Waals surface area contributed by atoms with Crippen LogP contribution in [0.5, 0.6) is 0 Å². The van der Waals surface area contributed by atoms with Crippen molar-refractivity contribution in [1.82, 2.24) is 4.72 Å². The summed E-state index contributed by atoms with van der Waals surface area (Å²) in [4.78, 5) is 11.3. The molecular weight excluding hydrogens is 247 g/mol. The molecule has 7 heteroatoms. The van der Waals surface area contributed by atoms with E-state index in [1.54, 1.807) is 0 Å². The second-order valence-electron chi connectivity index (χ2n) is 3.28. The van der Waals surface area contributed by atoms with Gasteiger partial charge in [-0.3, -0.25) is 4.79 Å². The summed E-state index contributed by atoms with van der Waals surface area (Å²) in [6, 6.07) is 5.18. The summed E-state index contributed by atoms with van der Waals surface area (Å²) in [5.41, 5.74) is 0.409. The molecule has 0 aromatic heterocycles. The minimum absolute atomic E-state index is 0.0865. The Morgan fingerprint density at radius 3 is 2.41 bits per heavy atom. The third-order valence-electron chi connectivity index (χ3n) is 1.96. The first-order chi connectivity index (χ1) is 7.93. The first kappa shape index (κ1) is 13.6. The Balaban J connectivity index is 2.48. The van der Waals surface area contributed by atoms with Gasteiger partial charge in [-0.2, -0.15) is 0 Å². The Kier molecular flexibility index (Phi) is 4.59. The van der Waals surface area contributed by atoms with Gasteiger partial charge >= 0.3 is 0 Å². The smallest absolute Gasteiger partial charge is 0.239 e. The summed E-state index contributed by atoms with van der Waals surface area (Å²) in [6.45, 7) is 1.13. The van der Waals surface area contributed by atoms with Crippen molar-refractivity contribution < 1.29 is 17.6 Å². The number of rotatable bonds is 5. The van der Waals surface area contributed by atoms with Gasteiger partial charge in [0.25, 0.3) is 0 Å². The first-order valence-corrected chi connectivity index (χ1v) is 6.61. The van der Waals surface area contributed by atoms with Crippen LogP contribution in [0.2, 0.25) is 0 Å². The standard InChI is InChI=1S/C10H13FN2O3S/c1-2-17(15,16)12-7-10(14)13-9-5-3-8(11)4-6-9/h3-6,12H,2,7H2,1H3,(H,13,14). The number of hydrogen-bond acceptors (Lipinski definition) is 3. The summed E-state index contributed by atoms with van der Waals surface area (Å²) in [5, 5.41) is 2.43. The Morgan fingerprint density at radius 2 is 1.88 bits per heavy atom. The molecule has 0 saturated carbocycles. The normalized spacial score (nSPS) is 11.2. The van der Waals surface area contributed by atoms with Crippen LogP contribution < -0.4 is 10.0 Å². The third kappa shape index (κ3) is 4.92. The lowest BCUT2D eigenvalue weighted by Gasteiger charge is -2.06. The zero-order valence-electron chi connectivity index (χ0n) is 9.23. The highest BCUT2D eigenvalue weighted by atomic mass is 32.2. The Morgan fingerprint density at radius 1 is 1.29 bits per heavy atom. The number of benzene rings is 1. The van der Waals surface area contributed by atoms with Crippen LogP contribution in [0.15, 0.2) is 24.3 Å². The zero-order valence-corrected chi connectivity index (χ0v) is 10.1. The highest BCUT2D eigenvalue weighted by Crippen LogP contribution is 2.07. The summed E-state index contributed by atoms with van der Waals surface area (Å²) in [7, 11) is -3.38. The van der Waals surface area contributed by atoms with E-state index in [4.69, 9.17) is 0 Å². The van der Waals surface area contributed by atoms with Crippen LogP contribution in [0.4, 0.5) is 10.1 Å². The number of anilines is 1. The van der Waals surface area contributed by atoms with E-state index in [2.05, 4.69) is 10.0 Å². The Hall–Kier alpha value is -1.47. The molecule has 0 aliphatic heterocycles. The second kappa shape index (κ2) is 5.74. The molecule has 0 bridgehead atoms. The molecule has 0 aliphatic rings. The molecule has 1 aromatic rings. The van der Waals surface area contributed by atoms with Crippen LogP contribution in [0.1, 0.15) is 6.92 Å². The van der Waals surface area contributed by atoms with Gasteiger partial charge < -0.3 is 5.32 Å². The maximum atomic E-state index is 12.6. The average Bonchev–Trinajstić information content (AvgIpc) is 2.30. The summed E-state index contributed by atoms with van der Waals surface area (Å²) in [5.74, 6) is -1.00. The third-order valence-corrected chi connectivity index (χ3v) is 3.30. The molecule has 5 nitrogen and oxygen atoms in total. The zero-order chi connectivity index (χ0) is 12.9. The molecule has 1 aromatic carbocycles. The fourth-order valence-electron chi connectivity index (χ4n) is 1.02. The predicted octanol–water partition coefficient (Wildman–Crippen LogP) is 0.703. The van der Waals surface area contributed by atoms with Gasteiger partial charge in [0.1, 0.15) is 5.82 Å². The van der Waals surface area contributed by atoms with Crippen molar-refractivity contribution in [2.24, 2.45) is 0 Å². The predicted molar refractivity (Wildman–Crippen MR) is 62.5 cm³/mol. The van der Waals surface area contributed by atoms with E-state index < -0.39 is 21.7 Å². The molecule has 17 heavy (non-hydrogen) atoms. The molecule has 0 aliphatic carbocycles. The van der Waals surface area contributed by atoms with Gasteiger partial charge in [0, 0.05) is 5.69 Å². The molecule has 0 fully saturated rings. The number of carbonyl (C=O) groups is 1. The van der Waals surface area contributed by atoms with Crippen molar-refractivity contribution in [2.75, 3.05) is 17.6 Å². The fourth-order valence-corrected chi connectivity index (χ4v) is 1.57. The minimum Gasteiger partial charge on any atom is -0.325 e. The molecule has 0 atom stereocenters. The van der Waals surface area contributed by atoms with Gasteiger partial charge in [-0.15, -0.1) is 0 Å². The average molecular weight is 260 g/mol. The van der Waals surface area contributed by atoms with Crippen molar-refractivity contribution in [2.45, 2.75) is 6.92 Å². The maximum Gasteiger partial charge on any atom is 0.239 e. The first-order valence-electron chi connectivity index (χ1n) is 4.95. The lowest BCUT2D eigenvalue weighted by molar-refractivity contribution is -0.115. The van der Waals surface area contributed by atoms with Gasteiger partial charge in [-0.1, -0.05) is 0 Å². The van der Waals surface area contributed by atoms with Crippen LogP contribution >= 0.6 is 0 Å². The van der Waals surface area contributed by atoms with E-state index in [-0.39, 0.29) is 12.3 Å². The lowest BCUT2D eigenvalue weighted by atomic mass is 10.3. The van der Waals surface area contributed by atoms with E-state index in [0.29, 0.717) is 5.69 Å². The van der Waals surface area contributed by atoms with Crippen LogP contribution in [-0.2, 0) is 14.8 Å². The SMILES string of the molecule is CCS(=O)(=O)NCC(=O)Nc1ccc(F)cc1. The van der Waals surface area contributed by atoms with E-state index in [1.165, 1.54) is 31.2 Å². The highest BCUT2D eigenvalue weighted by molar-refractivity contribution is 7.89. The van der Waals surface area contributed by atoms with Gasteiger partial charge in [0.2, 0.25) is 15.9 Å². The molecule has 0 unspecified atom stereocenters. The second-order valence-corrected chi connectivity index (χ2v) is 5.38. The number of hydrogen-bond donors (Lipinski definition) is 2. The van der Waals surface area contributed by atoms with Crippen molar-refractivity contribution in [3.63, 3.8) is 0 Å². The van der Waals surface area contributed by atoms with Gasteiger partial charge in [0.15, 0.2) is 0 Å². The van der Waals surface area contributed by atoms with Crippen molar-refractivity contribution in [1.29, 1.82) is 0 Å². The van der Waals surface area contributed by atoms with Crippen molar-refractivity contribution >= 4 is 21.6 Å². The number of sulfonamides is 1. The molecule has 0 heterocycles. The number of amides is 1. The topological polar surface area (TPSA) is 75.3 Å². The summed E-state index contributed by atoms with van der Waals surface area (Å²) in [6.07, 6.45) is 0. The Bertz CT molecular complexity index is 485. The maximum absolute atomic E-state index is 12.6. The van der Waals surface area contributed by atoms with E-state index in [1.807, 2.05) is 0 Å². The van der Waals surface area contributed by atoms with E-state index in [0.717, 1.165) is 0 Å². The number of carbonyl (C=O) groups excluding carboxylic acids is 1. The van der Waals surface area contributed by atoms with Crippen LogP contribution in [0, 0.1) is 5.82 Å². The molecule has 94 valence electrons. The molecule has 1 amide bonds. The number of halogens is 1. The number of nitrogens with one attached hydrogen (secondary N) is 2. The summed E-state index contributed by atoms with van der Waals surface area (Å²) < 4.78 is 36.8. The Labute approximate surface area is 99.1 Å². The molecule has 0 saturated heterocycles. The monoisotopic (exact) mass is 260 g/mol. The summed E-state index contributed by atoms with van der Waals surface area (Å²) >= 11 is 0. The molecular formula is C10H13FN2O3S. The molecule has 0 radical (unpaired) electrons. The van der Waals surface area contributed by atoms with Gasteiger partial charge in [0.05, 0.1) is 12.3 Å². The van der Waals surface area contributed by atoms with Crippen molar-refractivity contribution in [3.05, 3.63) is 30.1 Å². The molecule has 2 N–H and O–H groups in total. The van der Waals surface area contributed by atoms with Crippen molar-refractivity contribution in [3.8, 4) is 0 Å². The quantitative estimate of drug-likeness (QED) is 0.818. The highest BCUT2D eigenvalue weighted by Gasteiger charge is 2.09.